The summed E-state index contributed by atoms with van der Waals surface area (Å²) in [5.41, 5.74) is 0.959. The third kappa shape index (κ3) is 3.33. The van der Waals surface area contributed by atoms with Crippen LogP contribution in [-0.2, 0) is 6.54 Å². The summed E-state index contributed by atoms with van der Waals surface area (Å²) in [5.74, 6) is 2.17. The molecule has 1 N–H and O–H groups in total. The fourth-order valence-electron chi connectivity index (χ4n) is 3.13. The molecule has 0 radical (unpaired) electrons. The number of thiophene rings is 1. The predicted octanol–water partition coefficient (Wildman–Crippen LogP) is 3.31. The molecule has 0 bridgehead atoms. The maximum Gasteiger partial charge on any atom is 0.182 e. The van der Waals surface area contributed by atoms with E-state index in [1.54, 1.807) is 12.4 Å². The van der Waals surface area contributed by atoms with Crippen molar-refractivity contribution in [3.05, 3.63) is 52.7 Å². The van der Waals surface area contributed by atoms with Crippen molar-refractivity contribution in [1.82, 2.24) is 25.1 Å². The smallest absolute Gasteiger partial charge is 0.182 e. The Kier molecular flexibility index (Phi) is 4.17. The standard InChI is InChI=1S/C17H19N5S/c1-4-13(10-18-7-1)16-19-17(21-20-16)14-5-2-8-22(11-14)12-15-6-3-9-23-15/h1,3-4,6-7,9-10,14H,2,5,8,11-12H2,(H,19,20,21)/t14-/m1/s1. The molecule has 23 heavy (non-hydrogen) atoms. The van der Waals surface area contributed by atoms with Gasteiger partial charge in [-0.15, -0.1) is 11.3 Å². The number of nitrogens with zero attached hydrogens (tertiary/aromatic N) is 4. The van der Waals surface area contributed by atoms with E-state index in [4.69, 9.17) is 4.98 Å². The summed E-state index contributed by atoms with van der Waals surface area (Å²) in [6, 6.07) is 8.24. The van der Waals surface area contributed by atoms with Crippen LogP contribution in [0.4, 0.5) is 0 Å². The van der Waals surface area contributed by atoms with Crippen molar-refractivity contribution in [3.63, 3.8) is 0 Å². The van der Waals surface area contributed by atoms with E-state index in [0.29, 0.717) is 5.92 Å². The fourth-order valence-corrected chi connectivity index (χ4v) is 3.87. The molecule has 0 spiro atoms. The Morgan fingerprint density at radius 1 is 1.30 bits per heavy atom. The summed E-state index contributed by atoms with van der Waals surface area (Å²) < 4.78 is 0. The van der Waals surface area contributed by atoms with Gasteiger partial charge in [0.1, 0.15) is 5.82 Å². The Morgan fingerprint density at radius 3 is 3.13 bits per heavy atom. The number of pyridine rings is 1. The number of aromatic nitrogens is 4. The molecule has 0 aromatic carbocycles. The Balaban J connectivity index is 1.46. The zero-order valence-electron chi connectivity index (χ0n) is 12.9. The van der Waals surface area contributed by atoms with E-state index in [-0.39, 0.29) is 0 Å². The molecule has 3 aromatic heterocycles. The van der Waals surface area contributed by atoms with Gasteiger partial charge in [0.05, 0.1) is 0 Å². The largest absolute Gasteiger partial charge is 0.298 e. The summed E-state index contributed by atoms with van der Waals surface area (Å²) in [6.45, 7) is 3.25. The van der Waals surface area contributed by atoms with Gasteiger partial charge in [0.15, 0.2) is 5.82 Å². The van der Waals surface area contributed by atoms with Gasteiger partial charge < -0.3 is 0 Å². The first-order valence-corrected chi connectivity index (χ1v) is 8.84. The SMILES string of the molecule is c1cncc(-c2n[nH]c([C@@H]3CCCN(Cc4cccs4)C3)n2)c1. The number of piperidine rings is 1. The molecule has 0 saturated carbocycles. The van der Waals surface area contributed by atoms with Crippen molar-refractivity contribution in [3.8, 4) is 11.4 Å². The first kappa shape index (κ1) is 14.5. The lowest BCUT2D eigenvalue weighted by Crippen LogP contribution is -2.34. The Bertz CT molecular complexity index is 737. The van der Waals surface area contributed by atoms with Crippen LogP contribution < -0.4 is 0 Å². The second kappa shape index (κ2) is 6.60. The van der Waals surface area contributed by atoms with E-state index in [0.717, 1.165) is 36.8 Å². The Hall–Kier alpha value is -2.05. The second-order valence-electron chi connectivity index (χ2n) is 5.94. The first-order valence-electron chi connectivity index (χ1n) is 7.96. The zero-order chi connectivity index (χ0) is 15.5. The third-order valence-corrected chi connectivity index (χ3v) is 5.14. The Morgan fingerprint density at radius 2 is 2.30 bits per heavy atom. The van der Waals surface area contributed by atoms with Crippen LogP contribution in [0, 0.1) is 0 Å². The van der Waals surface area contributed by atoms with E-state index in [9.17, 15) is 0 Å². The molecule has 3 aromatic rings. The number of likely N-dealkylation sites (tertiary alicyclic amines) is 1. The van der Waals surface area contributed by atoms with Crippen LogP contribution in [0.15, 0.2) is 42.0 Å². The molecule has 0 unspecified atom stereocenters. The highest BCUT2D eigenvalue weighted by atomic mass is 32.1. The van der Waals surface area contributed by atoms with Gasteiger partial charge in [-0.25, -0.2) is 4.98 Å². The number of hydrogen-bond donors (Lipinski definition) is 1. The molecule has 4 rings (SSSR count). The number of nitrogens with one attached hydrogen (secondary N) is 1. The minimum absolute atomic E-state index is 0.432. The molecular weight excluding hydrogens is 306 g/mol. The molecule has 0 aliphatic carbocycles. The maximum absolute atomic E-state index is 4.70. The van der Waals surface area contributed by atoms with Crippen LogP contribution in [0.2, 0.25) is 0 Å². The van der Waals surface area contributed by atoms with Crippen molar-refractivity contribution < 1.29 is 0 Å². The lowest BCUT2D eigenvalue weighted by Gasteiger charge is -2.31. The number of rotatable bonds is 4. The molecule has 0 amide bonds. The number of hydrogen-bond acceptors (Lipinski definition) is 5. The minimum atomic E-state index is 0.432. The normalized spacial score (nSPS) is 19.0. The van der Waals surface area contributed by atoms with E-state index in [1.165, 1.54) is 17.7 Å². The molecule has 1 aliphatic heterocycles. The number of H-pyrrole nitrogens is 1. The third-order valence-electron chi connectivity index (χ3n) is 4.27. The second-order valence-corrected chi connectivity index (χ2v) is 6.97. The monoisotopic (exact) mass is 325 g/mol. The summed E-state index contributed by atoms with van der Waals surface area (Å²) in [7, 11) is 0. The molecule has 4 heterocycles. The van der Waals surface area contributed by atoms with Crippen molar-refractivity contribution in [2.45, 2.75) is 25.3 Å². The van der Waals surface area contributed by atoms with Crippen molar-refractivity contribution in [2.24, 2.45) is 0 Å². The highest BCUT2D eigenvalue weighted by Crippen LogP contribution is 2.27. The van der Waals surface area contributed by atoms with Crippen molar-refractivity contribution >= 4 is 11.3 Å². The maximum atomic E-state index is 4.70. The van der Waals surface area contributed by atoms with E-state index < -0.39 is 0 Å². The van der Waals surface area contributed by atoms with Gasteiger partial charge in [0, 0.05) is 41.8 Å². The van der Waals surface area contributed by atoms with Crippen LogP contribution >= 0.6 is 11.3 Å². The van der Waals surface area contributed by atoms with Crippen LogP contribution in [0.1, 0.15) is 29.5 Å². The van der Waals surface area contributed by atoms with Crippen LogP contribution in [0.5, 0.6) is 0 Å². The highest BCUT2D eigenvalue weighted by Gasteiger charge is 2.24. The summed E-state index contributed by atoms with van der Waals surface area (Å²) in [4.78, 5) is 12.8. The summed E-state index contributed by atoms with van der Waals surface area (Å²) >= 11 is 1.83. The van der Waals surface area contributed by atoms with E-state index in [2.05, 4.69) is 37.6 Å². The highest BCUT2D eigenvalue weighted by molar-refractivity contribution is 7.09. The summed E-state index contributed by atoms with van der Waals surface area (Å²) in [6.07, 6.45) is 5.94. The average molecular weight is 325 g/mol. The van der Waals surface area contributed by atoms with Gasteiger partial charge in [-0.2, -0.15) is 5.10 Å². The topological polar surface area (TPSA) is 57.7 Å². The van der Waals surface area contributed by atoms with Crippen molar-refractivity contribution in [2.75, 3.05) is 13.1 Å². The van der Waals surface area contributed by atoms with Gasteiger partial charge in [-0.05, 0) is 43.0 Å². The first-order chi connectivity index (χ1) is 11.4. The van der Waals surface area contributed by atoms with Crippen LogP contribution in [-0.4, -0.2) is 38.2 Å². The molecule has 6 heteroatoms. The van der Waals surface area contributed by atoms with Crippen LogP contribution in [0.3, 0.4) is 0 Å². The van der Waals surface area contributed by atoms with Gasteiger partial charge >= 0.3 is 0 Å². The number of aromatic amines is 1. The molecule has 118 valence electrons. The molecule has 1 saturated heterocycles. The summed E-state index contributed by atoms with van der Waals surface area (Å²) in [5, 5.41) is 9.66. The quantitative estimate of drug-likeness (QED) is 0.799. The van der Waals surface area contributed by atoms with E-state index in [1.807, 2.05) is 23.5 Å². The van der Waals surface area contributed by atoms with Gasteiger partial charge in [0.2, 0.25) is 0 Å². The molecule has 1 aliphatic rings. The van der Waals surface area contributed by atoms with Crippen molar-refractivity contribution in [1.29, 1.82) is 0 Å². The molecule has 1 fully saturated rings. The van der Waals surface area contributed by atoms with Gasteiger partial charge in [0.25, 0.3) is 0 Å². The van der Waals surface area contributed by atoms with Gasteiger partial charge in [-0.3, -0.25) is 15.0 Å². The lowest BCUT2D eigenvalue weighted by molar-refractivity contribution is 0.198. The average Bonchev–Trinajstić information content (AvgIpc) is 3.28. The zero-order valence-corrected chi connectivity index (χ0v) is 13.7. The van der Waals surface area contributed by atoms with Gasteiger partial charge in [-0.1, -0.05) is 6.07 Å². The fraction of sp³-hybridized carbons (Fsp3) is 0.353. The lowest BCUT2D eigenvalue weighted by atomic mass is 9.97. The Labute approximate surface area is 139 Å². The molecule has 1 atom stereocenters. The molecule has 5 nitrogen and oxygen atoms in total. The molecular formula is C17H19N5S. The van der Waals surface area contributed by atoms with Crippen LogP contribution in [0.25, 0.3) is 11.4 Å². The predicted molar refractivity (Wildman–Crippen MR) is 91.2 cm³/mol. The minimum Gasteiger partial charge on any atom is -0.298 e. The van der Waals surface area contributed by atoms with E-state index >= 15 is 0 Å².